The Morgan fingerprint density at radius 1 is 1.21 bits per heavy atom. The molecule has 1 atom stereocenters. The third-order valence-corrected chi connectivity index (χ3v) is 3.74. The first-order valence-corrected chi connectivity index (χ1v) is 6.61. The molecular formula is C14H17N3O2. The number of carbonyl (C=O) groups excluding carboxylic acids is 2. The van der Waals surface area contributed by atoms with E-state index in [2.05, 4.69) is 10.6 Å². The van der Waals surface area contributed by atoms with Gasteiger partial charge in [-0.05, 0) is 5.56 Å². The van der Waals surface area contributed by atoms with Crippen LogP contribution >= 0.6 is 0 Å². The van der Waals surface area contributed by atoms with Crippen LogP contribution in [0.25, 0.3) is 0 Å². The molecule has 1 aromatic carbocycles. The molecule has 5 nitrogen and oxygen atoms in total. The summed E-state index contributed by atoms with van der Waals surface area (Å²) in [6.07, 6.45) is 0. The van der Waals surface area contributed by atoms with Gasteiger partial charge in [-0.2, -0.15) is 0 Å². The first kappa shape index (κ1) is 12.2. The smallest absolute Gasteiger partial charge is 0.247 e. The summed E-state index contributed by atoms with van der Waals surface area (Å²) in [6, 6.07) is 9.01. The van der Waals surface area contributed by atoms with Gasteiger partial charge in [-0.25, -0.2) is 0 Å². The quantitative estimate of drug-likeness (QED) is 0.780. The summed E-state index contributed by atoms with van der Waals surface area (Å²) < 4.78 is 0. The van der Waals surface area contributed by atoms with Crippen molar-refractivity contribution in [2.75, 3.05) is 26.2 Å². The predicted octanol–water partition coefficient (Wildman–Crippen LogP) is -0.0945. The molecule has 0 spiro atoms. The average Bonchev–Trinajstić information content (AvgIpc) is 2.37. The summed E-state index contributed by atoms with van der Waals surface area (Å²) in [5.41, 5.74) is 0.875. The minimum atomic E-state index is -0.483. The molecule has 1 aromatic rings. The van der Waals surface area contributed by atoms with Gasteiger partial charge in [0.15, 0.2) is 0 Å². The van der Waals surface area contributed by atoms with Crippen LogP contribution < -0.4 is 10.6 Å². The van der Waals surface area contributed by atoms with Gasteiger partial charge in [0.1, 0.15) is 6.04 Å². The first-order valence-electron chi connectivity index (χ1n) is 6.61. The molecule has 5 heteroatoms. The summed E-state index contributed by atoms with van der Waals surface area (Å²) in [5, 5.41) is 5.94. The van der Waals surface area contributed by atoms with E-state index in [4.69, 9.17) is 0 Å². The van der Waals surface area contributed by atoms with Gasteiger partial charge in [0.2, 0.25) is 11.8 Å². The van der Waals surface area contributed by atoms with Crippen molar-refractivity contribution in [1.29, 1.82) is 0 Å². The second-order valence-electron chi connectivity index (χ2n) is 4.99. The Hall–Kier alpha value is -1.88. The van der Waals surface area contributed by atoms with E-state index >= 15 is 0 Å². The van der Waals surface area contributed by atoms with Crippen LogP contribution in [0.2, 0.25) is 0 Å². The molecule has 2 fully saturated rings. The Morgan fingerprint density at radius 3 is 2.58 bits per heavy atom. The monoisotopic (exact) mass is 259 g/mol. The standard InChI is InChI=1S/C14H17N3O2/c18-13-12(10-4-2-1-3-5-10)17(7-6-16-13)14(19)11-8-15-9-11/h1-5,11-12,15H,6-9H2,(H,16,18). The lowest BCUT2D eigenvalue weighted by molar-refractivity contribution is -0.147. The maximum Gasteiger partial charge on any atom is 0.247 e. The molecule has 19 heavy (non-hydrogen) atoms. The van der Waals surface area contributed by atoms with Gasteiger partial charge in [-0.15, -0.1) is 0 Å². The molecule has 0 radical (unpaired) electrons. The van der Waals surface area contributed by atoms with Crippen LogP contribution in [0, 0.1) is 5.92 Å². The van der Waals surface area contributed by atoms with Gasteiger partial charge in [-0.1, -0.05) is 30.3 Å². The van der Waals surface area contributed by atoms with Gasteiger partial charge >= 0.3 is 0 Å². The lowest BCUT2D eigenvalue weighted by Gasteiger charge is -2.39. The number of benzene rings is 1. The van der Waals surface area contributed by atoms with Crippen LogP contribution in [-0.4, -0.2) is 42.9 Å². The number of carbonyl (C=O) groups is 2. The van der Waals surface area contributed by atoms with Crippen molar-refractivity contribution in [3.8, 4) is 0 Å². The van der Waals surface area contributed by atoms with Crippen molar-refractivity contribution < 1.29 is 9.59 Å². The zero-order chi connectivity index (χ0) is 13.2. The molecule has 2 aliphatic rings. The first-order chi connectivity index (χ1) is 9.27. The summed E-state index contributed by atoms with van der Waals surface area (Å²) in [4.78, 5) is 26.3. The number of hydrogen-bond donors (Lipinski definition) is 2. The number of nitrogens with one attached hydrogen (secondary N) is 2. The minimum Gasteiger partial charge on any atom is -0.352 e. The van der Waals surface area contributed by atoms with Crippen molar-refractivity contribution in [2.24, 2.45) is 5.92 Å². The Labute approximate surface area is 112 Å². The summed E-state index contributed by atoms with van der Waals surface area (Å²) >= 11 is 0. The Balaban J connectivity index is 1.87. The highest BCUT2D eigenvalue weighted by Crippen LogP contribution is 2.25. The zero-order valence-corrected chi connectivity index (χ0v) is 10.6. The Bertz CT molecular complexity index is 485. The van der Waals surface area contributed by atoms with Crippen molar-refractivity contribution in [2.45, 2.75) is 6.04 Å². The third kappa shape index (κ3) is 2.21. The lowest BCUT2D eigenvalue weighted by atomic mass is 9.97. The normalized spacial score (nSPS) is 23.7. The number of nitrogens with zero attached hydrogens (tertiary/aromatic N) is 1. The highest BCUT2D eigenvalue weighted by molar-refractivity contribution is 5.91. The molecule has 0 aliphatic carbocycles. The number of hydrogen-bond acceptors (Lipinski definition) is 3. The second-order valence-corrected chi connectivity index (χ2v) is 4.99. The van der Waals surface area contributed by atoms with Crippen LogP contribution in [0.4, 0.5) is 0 Å². The Morgan fingerprint density at radius 2 is 1.95 bits per heavy atom. The number of amides is 2. The lowest BCUT2D eigenvalue weighted by Crippen LogP contribution is -2.58. The molecule has 1 unspecified atom stereocenters. The fraction of sp³-hybridized carbons (Fsp3) is 0.429. The van der Waals surface area contributed by atoms with Crippen LogP contribution in [0.3, 0.4) is 0 Å². The second kappa shape index (κ2) is 5.01. The molecule has 2 heterocycles. The van der Waals surface area contributed by atoms with Crippen molar-refractivity contribution >= 4 is 11.8 Å². The van der Waals surface area contributed by atoms with Crippen LogP contribution in [-0.2, 0) is 9.59 Å². The molecule has 2 aliphatic heterocycles. The molecule has 100 valence electrons. The molecule has 0 saturated carbocycles. The molecule has 2 saturated heterocycles. The highest BCUT2D eigenvalue weighted by atomic mass is 16.2. The topological polar surface area (TPSA) is 61.4 Å². The maximum absolute atomic E-state index is 12.4. The third-order valence-electron chi connectivity index (χ3n) is 3.74. The van der Waals surface area contributed by atoms with Crippen molar-refractivity contribution in [1.82, 2.24) is 15.5 Å². The Kier molecular flexibility index (Phi) is 3.21. The summed E-state index contributed by atoms with van der Waals surface area (Å²) in [6.45, 7) is 2.56. The van der Waals surface area contributed by atoms with Crippen LogP contribution in [0.1, 0.15) is 11.6 Å². The van der Waals surface area contributed by atoms with Crippen molar-refractivity contribution in [3.05, 3.63) is 35.9 Å². The summed E-state index contributed by atoms with van der Waals surface area (Å²) in [5.74, 6) is 0.0256. The number of piperazine rings is 1. The molecule has 3 rings (SSSR count). The van der Waals surface area contributed by atoms with E-state index < -0.39 is 6.04 Å². The van der Waals surface area contributed by atoms with E-state index in [1.807, 2.05) is 30.3 Å². The van der Waals surface area contributed by atoms with Crippen LogP contribution in [0.5, 0.6) is 0 Å². The SMILES string of the molecule is O=C1NCCN(C(=O)C2CNC2)C1c1ccccc1. The maximum atomic E-state index is 12.4. The van der Waals surface area contributed by atoms with Gasteiger partial charge in [0, 0.05) is 26.2 Å². The molecule has 2 N–H and O–H groups in total. The van der Waals surface area contributed by atoms with Crippen molar-refractivity contribution in [3.63, 3.8) is 0 Å². The van der Waals surface area contributed by atoms with Gasteiger partial charge in [0.05, 0.1) is 5.92 Å². The van der Waals surface area contributed by atoms with E-state index in [9.17, 15) is 9.59 Å². The van der Waals surface area contributed by atoms with E-state index in [-0.39, 0.29) is 17.7 Å². The molecule has 2 amide bonds. The molecule has 0 aromatic heterocycles. The average molecular weight is 259 g/mol. The van der Waals surface area contributed by atoms with E-state index in [1.54, 1.807) is 4.90 Å². The van der Waals surface area contributed by atoms with Gasteiger partial charge in [0.25, 0.3) is 0 Å². The molecule has 0 bridgehead atoms. The number of rotatable bonds is 2. The largest absolute Gasteiger partial charge is 0.352 e. The molecular weight excluding hydrogens is 242 g/mol. The van der Waals surface area contributed by atoms with E-state index in [1.165, 1.54) is 0 Å². The zero-order valence-electron chi connectivity index (χ0n) is 10.6. The van der Waals surface area contributed by atoms with E-state index in [0.717, 1.165) is 18.7 Å². The fourth-order valence-electron chi connectivity index (χ4n) is 2.57. The predicted molar refractivity (Wildman–Crippen MR) is 70.3 cm³/mol. The fourth-order valence-corrected chi connectivity index (χ4v) is 2.57. The highest BCUT2D eigenvalue weighted by Gasteiger charge is 2.38. The van der Waals surface area contributed by atoms with Gasteiger partial charge in [-0.3, -0.25) is 9.59 Å². The summed E-state index contributed by atoms with van der Waals surface area (Å²) in [7, 11) is 0. The van der Waals surface area contributed by atoms with Gasteiger partial charge < -0.3 is 15.5 Å². The van der Waals surface area contributed by atoms with E-state index in [0.29, 0.717) is 13.1 Å². The van der Waals surface area contributed by atoms with Crippen LogP contribution in [0.15, 0.2) is 30.3 Å². The minimum absolute atomic E-state index is 0.0251.